The molecule has 0 radical (unpaired) electrons. The molecule has 4 rings (SSSR count). The molecule has 0 heterocycles. The van der Waals surface area contributed by atoms with E-state index in [0.29, 0.717) is 35.5 Å². The molecule has 0 aromatic carbocycles. The second-order valence-electron chi connectivity index (χ2n) is 10.2. The summed E-state index contributed by atoms with van der Waals surface area (Å²) in [6, 6.07) is 0. The van der Waals surface area contributed by atoms with Crippen molar-refractivity contribution in [2.24, 2.45) is 34.5 Å². The van der Waals surface area contributed by atoms with Gasteiger partial charge >= 0.3 is 0 Å². The number of aliphatic hydroxyl groups excluding tert-OH is 3. The van der Waals surface area contributed by atoms with Crippen LogP contribution < -0.4 is 0 Å². The molecule has 4 saturated carbocycles. The molecule has 4 aliphatic rings. The second-order valence-corrected chi connectivity index (χ2v) is 10.2. The maximum atomic E-state index is 11.3. The number of aliphatic hydroxyl groups is 4. The van der Waals surface area contributed by atoms with E-state index in [9.17, 15) is 20.4 Å². The molecule has 3 unspecified atom stereocenters. The van der Waals surface area contributed by atoms with Crippen molar-refractivity contribution in [3.05, 3.63) is 0 Å². The largest absolute Gasteiger partial charge is 0.394 e. The van der Waals surface area contributed by atoms with Gasteiger partial charge in [-0.2, -0.15) is 0 Å². The van der Waals surface area contributed by atoms with E-state index in [1.54, 1.807) is 0 Å². The summed E-state index contributed by atoms with van der Waals surface area (Å²) in [6.07, 6.45) is 7.92. The van der Waals surface area contributed by atoms with Crippen LogP contribution >= 0.6 is 0 Å². The van der Waals surface area contributed by atoms with Gasteiger partial charge in [0.15, 0.2) is 0 Å². The molecule has 0 amide bonds. The van der Waals surface area contributed by atoms with Crippen molar-refractivity contribution in [2.75, 3.05) is 6.61 Å². The Labute approximate surface area is 151 Å². The van der Waals surface area contributed by atoms with Crippen LogP contribution in [0.3, 0.4) is 0 Å². The zero-order valence-corrected chi connectivity index (χ0v) is 15.8. The zero-order valence-electron chi connectivity index (χ0n) is 15.8. The van der Waals surface area contributed by atoms with Gasteiger partial charge in [0.25, 0.3) is 0 Å². The van der Waals surface area contributed by atoms with Crippen LogP contribution in [-0.4, -0.2) is 44.8 Å². The van der Waals surface area contributed by atoms with Crippen molar-refractivity contribution in [3.8, 4) is 0 Å². The van der Waals surface area contributed by atoms with E-state index in [0.717, 1.165) is 38.5 Å². The topological polar surface area (TPSA) is 80.9 Å². The van der Waals surface area contributed by atoms with Crippen molar-refractivity contribution in [1.29, 1.82) is 0 Å². The molecular formula is C21H36O4. The molecule has 9 atom stereocenters. The summed E-state index contributed by atoms with van der Waals surface area (Å²) in [7, 11) is 0. The first-order valence-corrected chi connectivity index (χ1v) is 10.5. The van der Waals surface area contributed by atoms with E-state index in [1.807, 2.05) is 0 Å². The van der Waals surface area contributed by atoms with Crippen LogP contribution in [-0.2, 0) is 0 Å². The average molecular weight is 353 g/mol. The first kappa shape index (κ1) is 18.2. The third-order valence-corrected chi connectivity index (χ3v) is 9.58. The third kappa shape index (κ3) is 2.33. The first-order valence-electron chi connectivity index (χ1n) is 10.5. The molecule has 4 heteroatoms. The van der Waals surface area contributed by atoms with E-state index >= 15 is 0 Å². The molecule has 4 aliphatic carbocycles. The molecule has 0 bridgehead atoms. The average Bonchev–Trinajstić information content (AvgIpc) is 2.87. The SMILES string of the molecule is C[C@]12CCC(O)CC1CC[C@@H]1[C@@H]2CC[C@@]2(C)[C@H]1CC[C@]2(O)C(O)CO. The molecular weight excluding hydrogens is 316 g/mol. The van der Waals surface area contributed by atoms with Gasteiger partial charge in [-0.3, -0.25) is 0 Å². The number of hydrogen-bond acceptors (Lipinski definition) is 4. The summed E-state index contributed by atoms with van der Waals surface area (Å²) in [5.41, 5.74) is -1.09. The van der Waals surface area contributed by atoms with Crippen LogP contribution in [0.25, 0.3) is 0 Å². The molecule has 0 spiro atoms. The van der Waals surface area contributed by atoms with E-state index in [1.165, 1.54) is 12.8 Å². The van der Waals surface area contributed by atoms with Crippen LogP contribution in [0.5, 0.6) is 0 Å². The molecule has 0 aliphatic heterocycles. The van der Waals surface area contributed by atoms with Gasteiger partial charge in [0, 0.05) is 5.41 Å². The van der Waals surface area contributed by atoms with Gasteiger partial charge in [0.1, 0.15) is 6.10 Å². The summed E-state index contributed by atoms with van der Waals surface area (Å²) in [5, 5.41) is 41.3. The summed E-state index contributed by atoms with van der Waals surface area (Å²) >= 11 is 0. The molecule has 4 nitrogen and oxygen atoms in total. The lowest BCUT2D eigenvalue weighted by Gasteiger charge is -2.61. The van der Waals surface area contributed by atoms with Gasteiger partial charge in [-0.1, -0.05) is 13.8 Å². The van der Waals surface area contributed by atoms with Crippen molar-refractivity contribution in [3.63, 3.8) is 0 Å². The van der Waals surface area contributed by atoms with Gasteiger partial charge in [0.2, 0.25) is 0 Å². The quantitative estimate of drug-likeness (QED) is 0.615. The van der Waals surface area contributed by atoms with Crippen molar-refractivity contribution in [2.45, 2.75) is 89.4 Å². The maximum absolute atomic E-state index is 11.3. The van der Waals surface area contributed by atoms with Crippen LogP contribution in [0.2, 0.25) is 0 Å². The molecule has 4 N–H and O–H groups in total. The van der Waals surface area contributed by atoms with E-state index in [4.69, 9.17) is 0 Å². The minimum atomic E-state index is -1.14. The Morgan fingerprint density at radius 1 is 0.960 bits per heavy atom. The fraction of sp³-hybridized carbons (Fsp3) is 1.00. The van der Waals surface area contributed by atoms with E-state index in [-0.39, 0.29) is 18.1 Å². The molecule has 4 fully saturated rings. The highest BCUT2D eigenvalue weighted by Crippen LogP contribution is 2.68. The van der Waals surface area contributed by atoms with Crippen LogP contribution in [0, 0.1) is 34.5 Å². The maximum Gasteiger partial charge on any atom is 0.106 e. The summed E-state index contributed by atoms with van der Waals surface area (Å²) in [4.78, 5) is 0. The molecule has 0 aromatic heterocycles. The predicted molar refractivity (Wildman–Crippen MR) is 95.8 cm³/mol. The summed E-state index contributed by atoms with van der Waals surface area (Å²) in [5.74, 6) is 2.40. The van der Waals surface area contributed by atoms with Gasteiger partial charge in [-0.05, 0) is 86.9 Å². The predicted octanol–water partition coefficient (Wildman–Crippen LogP) is 2.47. The minimum Gasteiger partial charge on any atom is -0.394 e. The molecule has 0 aromatic rings. The lowest BCUT2D eigenvalue weighted by atomic mass is 9.44. The van der Waals surface area contributed by atoms with E-state index < -0.39 is 11.7 Å². The first-order chi connectivity index (χ1) is 11.8. The van der Waals surface area contributed by atoms with Crippen molar-refractivity contribution in [1.82, 2.24) is 0 Å². The highest BCUT2D eigenvalue weighted by Gasteiger charge is 2.66. The Morgan fingerprint density at radius 2 is 1.68 bits per heavy atom. The highest BCUT2D eigenvalue weighted by molar-refractivity contribution is 5.15. The number of hydrogen-bond donors (Lipinski definition) is 4. The molecule has 0 saturated heterocycles. The van der Waals surface area contributed by atoms with Crippen molar-refractivity contribution < 1.29 is 20.4 Å². The normalized spacial score (nSPS) is 56.6. The molecule has 25 heavy (non-hydrogen) atoms. The molecule has 144 valence electrons. The minimum absolute atomic E-state index is 0.111. The number of rotatable bonds is 2. The monoisotopic (exact) mass is 352 g/mol. The van der Waals surface area contributed by atoms with Gasteiger partial charge < -0.3 is 20.4 Å². The van der Waals surface area contributed by atoms with E-state index in [2.05, 4.69) is 13.8 Å². The second kappa shape index (κ2) is 5.92. The van der Waals surface area contributed by atoms with Crippen LogP contribution in [0.15, 0.2) is 0 Å². The van der Waals surface area contributed by atoms with Gasteiger partial charge in [-0.15, -0.1) is 0 Å². The Kier molecular flexibility index (Phi) is 4.31. The standard InChI is InChI=1S/C21H36O4/c1-19-8-5-14(23)11-13(19)3-4-15-16(19)6-9-20(2)17(15)7-10-21(20,25)18(24)12-22/h13-18,22-25H,3-12H2,1-2H3/t13?,14?,15-,16+,17+,18?,19+,20+,21+/m1/s1. The third-order valence-electron chi connectivity index (χ3n) is 9.58. The Hall–Kier alpha value is -0.160. The highest BCUT2D eigenvalue weighted by atomic mass is 16.4. The Bertz CT molecular complexity index is 524. The lowest BCUT2D eigenvalue weighted by Crippen LogP contribution is -2.60. The van der Waals surface area contributed by atoms with Gasteiger partial charge in [0.05, 0.1) is 18.3 Å². The lowest BCUT2D eigenvalue weighted by molar-refractivity contribution is -0.196. The Balaban J connectivity index is 1.62. The number of fused-ring (bicyclic) bond motifs is 5. The summed E-state index contributed by atoms with van der Waals surface area (Å²) in [6.45, 7) is 4.27. The Morgan fingerprint density at radius 3 is 2.40 bits per heavy atom. The smallest absolute Gasteiger partial charge is 0.106 e. The van der Waals surface area contributed by atoms with Gasteiger partial charge in [-0.25, -0.2) is 0 Å². The zero-order chi connectivity index (χ0) is 18.0. The summed E-state index contributed by atoms with van der Waals surface area (Å²) < 4.78 is 0. The fourth-order valence-electron chi connectivity index (χ4n) is 7.98. The van der Waals surface area contributed by atoms with Crippen LogP contribution in [0.4, 0.5) is 0 Å². The van der Waals surface area contributed by atoms with Crippen molar-refractivity contribution >= 4 is 0 Å². The fourth-order valence-corrected chi connectivity index (χ4v) is 7.98. The van der Waals surface area contributed by atoms with Crippen LogP contribution in [0.1, 0.15) is 71.6 Å².